The zero-order chi connectivity index (χ0) is 15.1. The minimum atomic E-state index is -0.471. The summed E-state index contributed by atoms with van der Waals surface area (Å²) in [5, 5.41) is 0. The lowest BCUT2D eigenvalue weighted by molar-refractivity contribution is -0.151. The van der Waals surface area contributed by atoms with Gasteiger partial charge in [0, 0.05) is 6.42 Å². The van der Waals surface area contributed by atoms with Gasteiger partial charge in [-0.05, 0) is 25.0 Å². The fourth-order valence-corrected chi connectivity index (χ4v) is 2.26. The third-order valence-corrected chi connectivity index (χ3v) is 3.28. The zero-order valence-electron chi connectivity index (χ0n) is 12.2. The molecular weight excluding hydrogens is 268 g/mol. The molecule has 0 N–H and O–H groups in total. The third-order valence-electron chi connectivity index (χ3n) is 3.28. The molecular formula is C17H20O4. The van der Waals surface area contributed by atoms with Crippen LogP contribution in [0.2, 0.25) is 0 Å². The van der Waals surface area contributed by atoms with Gasteiger partial charge in [-0.1, -0.05) is 36.4 Å². The van der Waals surface area contributed by atoms with Crippen LogP contribution in [-0.4, -0.2) is 24.0 Å². The molecule has 1 aromatic rings. The van der Waals surface area contributed by atoms with Crippen LogP contribution in [0.4, 0.5) is 0 Å². The molecule has 1 aromatic carbocycles. The Kier molecular flexibility index (Phi) is 5.69. The van der Waals surface area contributed by atoms with E-state index in [1.54, 1.807) is 6.08 Å². The van der Waals surface area contributed by atoms with Gasteiger partial charge in [0.05, 0.1) is 12.7 Å². The largest absolute Gasteiger partial charge is 0.462 e. The quantitative estimate of drug-likeness (QED) is 0.634. The van der Waals surface area contributed by atoms with Crippen LogP contribution in [0.25, 0.3) is 0 Å². The van der Waals surface area contributed by atoms with E-state index in [2.05, 4.69) is 0 Å². The van der Waals surface area contributed by atoms with E-state index in [0.29, 0.717) is 19.4 Å². The number of carbonyl (C=O) groups is 2. The van der Waals surface area contributed by atoms with Gasteiger partial charge >= 0.3 is 5.97 Å². The Morgan fingerprint density at radius 1 is 1.24 bits per heavy atom. The van der Waals surface area contributed by atoms with Gasteiger partial charge in [-0.25, -0.2) is 0 Å². The average Bonchev–Trinajstić information content (AvgIpc) is 2.44. The Morgan fingerprint density at radius 3 is 2.76 bits per heavy atom. The van der Waals surface area contributed by atoms with Crippen molar-refractivity contribution in [2.24, 2.45) is 0 Å². The van der Waals surface area contributed by atoms with Crippen LogP contribution in [-0.2, 0) is 25.7 Å². The van der Waals surface area contributed by atoms with Crippen LogP contribution in [0, 0.1) is 0 Å². The van der Waals surface area contributed by atoms with Crippen LogP contribution < -0.4 is 0 Å². The molecule has 1 aliphatic rings. The van der Waals surface area contributed by atoms with Crippen molar-refractivity contribution in [2.75, 3.05) is 0 Å². The predicted molar refractivity (Wildman–Crippen MR) is 78.6 cm³/mol. The number of hydrogen-bond donors (Lipinski definition) is 0. The molecule has 4 heteroatoms. The van der Waals surface area contributed by atoms with Gasteiger partial charge in [0.25, 0.3) is 0 Å². The molecule has 21 heavy (non-hydrogen) atoms. The maximum absolute atomic E-state index is 11.5. The summed E-state index contributed by atoms with van der Waals surface area (Å²) in [6.07, 6.45) is 3.97. The maximum Gasteiger partial charge on any atom is 0.313 e. The molecule has 0 radical (unpaired) electrons. The molecule has 0 aromatic heterocycles. The molecule has 0 bridgehead atoms. The lowest BCUT2D eigenvalue weighted by Crippen LogP contribution is -2.25. The Bertz CT molecular complexity index is 507. The molecule has 2 rings (SSSR count). The first-order valence-electron chi connectivity index (χ1n) is 7.18. The number of ketones is 1. The van der Waals surface area contributed by atoms with E-state index in [4.69, 9.17) is 9.47 Å². The van der Waals surface area contributed by atoms with Crippen LogP contribution in [0.1, 0.15) is 31.7 Å². The summed E-state index contributed by atoms with van der Waals surface area (Å²) in [6, 6.07) is 9.90. The van der Waals surface area contributed by atoms with Crippen molar-refractivity contribution in [3.63, 3.8) is 0 Å². The monoisotopic (exact) mass is 288 g/mol. The lowest BCUT2D eigenvalue weighted by atomic mass is 10.1. The maximum atomic E-state index is 11.5. The summed E-state index contributed by atoms with van der Waals surface area (Å²) in [6.45, 7) is 2.33. The third kappa shape index (κ3) is 5.52. The number of cyclic esters (lactones) is 1. The molecule has 1 aliphatic heterocycles. The number of esters is 1. The van der Waals surface area contributed by atoms with Crippen molar-refractivity contribution < 1.29 is 19.1 Å². The van der Waals surface area contributed by atoms with E-state index >= 15 is 0 Å². The van der Waals surface area contributed by atoms with Crippen molar-refractivity contribution in [1.82, 2.24) is 0 Å². The van der Waals surface area contributed by atoms with Gasteiger partial charge < -0.3 is 9.47 Å². The smallest absolute Gasteiger partial charge is 0.313 e. The van der Waals surface area contributed by atoms with Crippen LogP contribution in [0.15, 0.2) is 42.5 Å². The van der Waals surface area contributed by atoms with Crippen molar-refractivity contribution in [2.45, 2.75) is 45.0 Å². The fraction of sp³-hybridized carbons (Fsp3) is 0.412. The van der Waals surface area contributed by atoms with Crippen molar-refractivity contribution in [3.8, 4) is 0 Å². The highest BCUT2D eigenvalue weighted by Gasteiger charge is 2.19. The van der Waals surface area contributed by atoms with Gasteiger partial charge in [-0.2, -0.15) is 0 Å². The fourth-order valence-electron chi connectivity index (χ4n) is 2.26. The lowest BCUT2D eigenvalue weighted by Gasteiger charge is -2.21. The molecule has 2 atom stereocenters. The second-order valence-electron chi connectivity index (χ2n) is 5.24. The van der Waals surface area contributed by atoms with Crippen molar-refractivity contribution in [3.05, 3.63) is 48.0 Å². The number of rotatable bonds is 3. The SMILES string of the molecule is C[C@@H]1C[C@H](OCc2ccccc2)C/C=C/C(=O)CC(=O)O1. The first-order valence-corrected chi connectivity index (χ1v) is 7.18. The highest BCUT2D eigenvalue weighted by molar-refractivity contribution is 6.01. The summed E-state index contributed by atoms with van der Waals surface area (Å²) in [5.74, 6) is -0.697. The second-order valence-corrected chi connectivity index (χ2v) is 5.24. The predicted octanol–water partition coefficient (Wildman–Crippen LogP) is 2.81. The van der Waals surface area contributed by atoms with Gasteiger partial charge in [-0.3, -0.25) is 9.59 Å². The molecule has 0 saturated carbocycles. The summed E-state index contributed by atoms with van der Waals surface area (Å²) in [7, 11) is 0. The number of allylic oxidation sites excluding steroid dienone is 1. The molecule has 0 spiro atoms. The van der Waals surface area contributed by atoms with E-state index in [-0.39, 0.29) is 24.4 Å². The Hall–Kier alpha value is -1.94. The second kappa shape index (κ2) is 7.74. The molecule has 112 valence electrons. The molecule has 0 fully saturated rings. The van der Waals surface area contributed by atoms with Crippen LogP contribution in [0.5, 0.6) is 0 Å². The number of ether oxygens (including phenoxy) is 2. The topological polar surface area (TPSA) is 52.6 Å². The average molecular weight is 288 g/mol. The number of hydrogen-bond acceptors (Lipinski definition) is 4. The van der Waals surface area contributed by atoms with E-state index in [1.165, 1.54) is 6.08 Å². The zero-order valence-corrected chi connectivity index (χ0v) is 12.2. The van der Waals surface area contributed by atoms with Gasteiger partial charge in [0.1, 0.15) is 12.5 Å². The Labute approximate surface area is 124 Å². The highest BCUT2D eigenvalue weighted by atomic mass is 16.5. The molecule has 0 saturated heterocycles. The van der Waals surface area contributed by atoms with Crippen LogP contribution >= 0.6 is 0 Å². The van der Waals surface area contributed by atoms with Crippen molar-refractivity contribution in [1.29, 1.82) is 0 Å². The Morgan fingerprint density at radius 2 is 2.00 bits per heavy atom. The van der Waals surface area contributed by atoms with Gasteiger partial charge in [0.15, 0.2) is 5.78 Å². The van der Waals surface area contributed by atoms with E-state index in [9.17, 15) is 9.59 Å². The number of benzene rings is 1. The summed E-state index contributed by atoms with van der Waals surface area (Å²) >= 11 is 0. The van der Waals surface area contributed by atoms with E-state index in [1.807, 2.05) is 37.3 Å². The first kappa shape index (κ1) is 15.4. The van der Waals surface area contributed by atoms with E-state index in [0.717, 1.165) is 5.56 Å². The summed E-state index contributed by atoms with van der Waals surface area (Å²) < 4.78 is 11.1. The summed E-state index contributed by atoms with van der Waals surface area (Å²) in [5.41, 5.74) is 1.10. The van der Waals surface area contributed by atoms with Crippen LogP contribution in [0.3, 0.4) is 0 Å². The minimum absolute atomic E-state index is 0.0739. The normalized spacial score (nSPS) is 25.2. The summed E-state index contributed by atoms with van der Waals surface area (Å²) in [4.78, 5) is 23.0. The number of carbonyl (C=O) groups excluding carboxylic acids is 2. The molecule has 4 nitrogen and oxygen atoms in total. The highest BCUT2D eigenvalue weighted by Crippen LogP contribution is 2.15. The van der Waals surface area contributed by atoms with Crippen molar-refractivity contribution >= 4 is 11.8 Å². The first-order chi connectivity index (χ1) is 10.1. The van der Waals surface area contributed by atoms with Gasteiger partial charge in [0.2, 0.25) is 0 Å². The van der Waals surface area contributed by atoms with E-state index < -0.39 is 5.97 Å². The Balaban J connectivity index is 1.96. The molecule has 0 unspecified atom stereocenters. The minimum Gasteiger partial charge on any atom is -0.462 e. The molecule has 0 amide bonds. The van der Waals surface area contributed by atoms with Gasteiger partial charge in [-0.15, -0.1) is 0 Å². The molecule has 0 aliphatic carbocycles. The standard InChI is InChI=1S/C17H20O4/c1-13-10-16(20-12-14-6-3-2-4-7-14)9-5-8-15(18)11-17(19)21-13/h2-8,13,16H,9-12H2,1H3/b8-5+/t13-,16-/m1/s1. The molecule has 1 heterocycles.